The summed E-state index contributed by atoms with van der Waals surface area (Å²) in [6.07, 6.45) is -2.14. The highest BCUT2D eigenvalue weighted by Crippen LogP contribution is 2.30. The summed E-state index contributed by atoms with van der Waals surface area (Å²) >= 11 is 0. The highest BCUT2D eigenvalue weighted by atomic mass is 19.4. The number of aldehydes is 1. The van der Waals surface area contributed by atoms with Crippen molar-refractivity contribution in [2.75, 3.05) is 0 Å². The summed E-state index contributed by atoms with van der Waals surface area (Å²) in [7, 11) is 0. The van der Waals surface area contributed by atoms with Crippen LogP contribution in [0.25, 0.3) is 6.08 Å². The molecule has 0 atom stereocenters. The number of amides is 1. The van der Waals surface area contributed by atoms with Crippen LogP contribution in [0.2, 0.25) is 0 Å². The zero-order chi connectivity index (χ0) is 13.1. The van der Waals surface area contributed by atoms with Crippen LogP contribution in [0.15, 0.2) is 24.3 Å². The first kappa shape index (κ1) is 13.0. The standard InChI is InChI=1S/C11H8F3NO2/c12-11(13,14)9-3-1-8(6-16)7(5-9)2-4-10(15)17/h1-6H,(H2,15,17). The van der Waals surface area contributed by atoms with Crippen molar-refractivity contribution >= 4 is 18.3 Å². The zero-order valence-electron chi connectivity index (χ0n) is 8.49. The van der Waals surface area contributed by atoms with Crippen molar-refractivity contribution in [2.24, 2.45) is 5.73 Å². The molecular weight excluding hydrogens is 235 g/mol. The van der Waals surface area contributed by atoms with Crippen LogP contribution in [0.3, 0.4) is 0 Å². The molecule has 90 valence electrons. The Kier molecular flexibility index (Phi) is 3.67. The van der Waals surface area contributed by atoms with Crippen molar-refractivity contribution in [1.29, 1.82) is 0 Å². The lowest BCUT2D eigenvalue weighted by Crippen LogP contribution is -2.07. The zero-order valence-corrected chi connectivity index (χ0v) is 8.49. The minimum absolute atomic E-state index is 0.00590. The van der Waals surface area contributed by atoms with Gasteiger partial charge in [-0.1, -0.05) is 6.07 Å². The summed E-state index contributed by atoms with van der Waals surface area (Å²) < 4.78 is 37.2. The number of carbonyl (C=O) groups excluding carboxylic acids is 2. The van der Waals surface area contributed by atoms with Crippen LogP contribution < -0.4 is 5.73 Å². The molecule has 1 aromatic carbocycles. The van der Waals surface area contributed by atoms with Crippen molar-refractivity contribution < 1.29 is 22.8 Å². The molecule has 0 radical (unpaired) electrons. The van der Waals surface area contributed by atoms with E-state index >= 15 is 0 Å². The molecule has 0 aliphatic carbocycles. The summed E-state index contributed by atoms with van der Waals surface area (Å²) in [5, 5.41) is 0. The normalized spacial score (nSPS) is 11.7. The molecule has 1 rings (SSSR count). The largest absolute Gasteiger partial charge is 0.416 e. The highest BCUT2D eigenvalue weighted by Gasteiger charge is 2.30. The van der Waals surface area contributed by atoms with Gasteiger partial charge in [-0.2, -0.15) is 13.2 Å². The molecule has 0 heterocycles. The topological polar surface area (TPSA) is 60.2 Å². The number of primary amides is 1. The van der Waals surface area contributed by atoms with Crippen LogP contribution in [-0.4, -0.2) is 12.2 Å². The fourth-order valence-corrected chi connectivity index (χ4v) is 1.17. The van der Waals surface area contributed by atoms with Gasteiger partial charge >= 0.3 is 6.18 Å². The summed E-state index contributed by atoms with van der Waals surface area (Å²) in [6.45, 7) is 0. The van der Waals surface area contributed by atoms with E-state index in [1.807, 2.05) is 0 Å². The van der Waals surface area contributed by atoms with Gasteiger partial charge in [-0.3, -0.25) is 9.59 Å². The number of nitrogens with two attached hydrogens (primary N) is 1. The molecule has 0 saturated carbocycles. The van der Waals surface area contributed by atoms with E-state index in [4.69, 9.17) is 5.73 Å². The van der Waals surface area contributed by atoms with Gasteiger partial charge in [0.15, 0.2) is 6.29 Å². The second kappa shape index (κ2) is 4.82. The van der Waals surface area contributed by atoms with E-state index in [2.05, 4.69) is 0 Å². The second-order valence-electron chi connectivity index (χ2n) is 3.20. The predicted molar refractivity (Wildman–Crippen MR) is 55.1 cm³/mol. The third-order valence-corrected chi connectivity index (χ3v) is 1.97. The smallest absolute Gasteiger partial charge is 0.366 e. The van der Waals surface area contributed by atoms with Crippen molar-refractivity contribution in [3.63, 3.8) is 0 Å². The van der Waals surface area contributed by atoms with E-state index in [-0.39, 0.29) is 11.1 Å². The van der Waals surface area contributed by atoms with Gasteiger partial charge in [0.2, 0.25) is 5.91 Å². The molecule has 6 heteroatoms. The molecule has 17 heavy (non-hydrogen) atoms. The molecule has 0 saturated heterocycles. The summed E-state index contributed by atoms with van der Waals surface area (Å²) in [4.78, 5) is 21.1. The van der Waals surface area contributed by atoms with E-state index in [0.717, 1.165) is 30.4 Å². The quantitative estimate of drug-likeness (QED) is 0.652. The van der Waals surface area contributed by atoms with Crippen LogP contribution in [0.1, 0.15) is 21.5 Å². The molecule has 0 aliphatic heterocycles. The average molecular weight is 243 g/mol. The highest BCUT2D eigenvalue weighted by molar-refractivity contribution is 5.92. The van der Waals surface area contributed by atoms with Crippen molar-refractivity contribution in [2.45, 2.75) is 6.18 Å². The van der Waals surface area contributed by atoms with Gasteiger partial charge in [-0.15, -0.1) is 0 Å². The van der Waals surface area contributed by atoms with E-state index in [1.165, 1.54) is 0 Å². The molecule has 0 spiro atoms. The Labute approximate surface area is 94.7 Å². The summed E-state index contributed by atoms with van der Waals surface area (Å²) in [5.41, 5.74) is 3.97. The molecule has 0 unspecified atom stereocenters. The lowest BCUT2D eigenvalue weighted by atomic mass is 10.0. The minimum atomic E-state index is -4.50. The molecule has 1 amide bonds. The molecule has 3 nitrogen and oxygen atoms in total. The summed E-state index contributed by atoms with van der Waals surface area (Å²) in [6, 6.07) is 2.62. The first-order chi connectivity index (χ1) is 7.84. The number of benzene rings is 1. The van der Waals surface area contributed by atoms with Crippen LogP contribution >= 0.6 is 0 Å². The molecule has 0 fully saturated rings. The van der Waals surface area contributed by atoms with Gasteiger partial charge in [0, 0.05) is 11.6 Å². The van der Waals surface area contributed by atoms with Gasteiger partial charge in [0.1, 0.15) is 0 Å². The Bertz CT molecular complexity index is 478. The second-order valence-corrected chi connectivity index (χ2v) is 3.20. The Hall–Kier alpha value is -2.11. The monoisotopic (exact) mass is 243 g/mol. The van der Waals surface area contributed by atoms with Gasteiger partial charge < -0.3 is 5.73 Å². The fraction of sp³-hybridized carbons (Fsp3) is 0.0909. The third kappa shape index (κ3) is 3.44. The maximum Gasteiger partial charge on any atom is 0.416 e. The Morgan fingerprint density at radius 2 is 1.88 bits per heavy atom. The Morgan fingerprint density at radius 1 is 1.24 bits per heavy atom. The molecule has 0 aliphatic rings. The molecule has 0 bridgehead atoms. The lowest BCUT2D eigenvalue weighted by Gasteiger charge is -2.08. The van der Waals surface area contributed by atoms with Crippen LogP contribution in [0.5, 0.6) is 0 Å². The number of halogens is 3. The fourth-order valence-electron chi connectivity index (χ4n) is 1.17. The third-order valence-electron chi connectivity index (χ3n) is 1.97. The number of carbonyl (C=O) groups is 2. The maximum atomic E-state index is 12.4. The lowest BCUT2D eigenvalue weighted by molar-refractivity contribution is -0.137. The number of rotatable bonds is 3. The minimum Gasteiger partial charge on any atom is -0.366 e. The van der Waals surface area contributed by atoms with E-state index in [9.17, 15) is 22.8 Å². The number of alkyl halides is 3. The van der Waals surface area contributed by atoms with Crippen molar-refractivity contribution in [3.05, 3.63) is 41.0 Å². The number of hydrogen-bond acceptors (Lipinski definition) is 2. The Morgan fingerprint density at radius 3 is 2.35 bits per heavy atom. The molecular formula is C11H8F3NO2. The molecule has 0 aromatic heterocycles. The first-order valence-corrected chi connectivity index (χ1v) is 4.48. The van der Waals surface area contributed by atoms with Gasteiger partial charge in [-0.25, -0.2) is 0 Å². The SMILES string of the molecule is NC(=O)C=Cc1cc(C(F)(F)F)ccc1C=O. The van der Waals surface area contributed by atoms with E-state index in [1.54, 1.807) is 0 Å². The maximum absolute atomic E-state index is 12.4. The van der Waals surface area contributed by atoms with Crippen LogP contribution in [0, 0.1) is 0 Å². The Balaban J connectivity index is 3.25. The van der Waals surface area contributed by atoms with E-state index in [0.29, 0.717) is 6.29 Å². The molecule has 1 aromatic rings. The molecule has 2 N–H and O–H groups in total. The number of hydrogen-bond donors (Lipinski definition) is 1. The van der Waals surface area contributed by atoms with Crippen molar-refractivity contribution in [1.82, 2.24) is 0 Å². The van der Waals surface area contributed by atoms with Crippen LogP contribution in [-0.2, 0) is 11.0 Å². The van der Waals surface area contributed by atoms with Gasteiger partial charge in [-0.05, 0) is 23.8 Å². The van der Waals surface area contributed by atoms with Crippen LogP contribution in [0.4, 0.5) is 13.2 Å². The first-order valence-electron chi connectivity index (χ1n) is 4.48. The van der Waals surface area contributed by atoms with Gasteiger partial charge in [0.05, 0.1) is 5.56 Å². The predicted octanol–water partition coefficient (Wildman–Crippen LogP) is 2.02. The average Bonchev–Trinajstić information content (AvgIpc) is 2.24. The van der Waals surface area contributed by atoms with E-state index < -0.39 is 17.6 Å². The van der Waals surface area contributed by atoms with Crippen molar-refractivity contribution in [3.8, 4) is 0 Å². The van der Waals surface area contributed by atoms with Gasteiger partial charge in [0.25, 0.3) is 0 Å². The summed E-state index contributed by atoms with van der Waals surface area (Å²) in [5.74, 6) is -0.806.